The number of imidazole rings is 1. The highest BCUT2D eigenvalue weighted by Crippen LogP contribution is 2.25. The van der Waals surface area contributed by atoms with Crippen LogP contribution in [-0.2, 0) is 13.1 Å². The fourth-order valence-corrected chi connectivity index (χ4v) is 4.24. The van der Waals surface area contributed by atoms with Gasteiger partial charge in [0, 0.05) is 69.3 Å². The zero-order valence-corrected chi connectivity index (χ0v) is 19.2. The lowest BCUT2D eigenvalue weighted by Crippen LogP contribution is -2.43. The van der Waals surface area contributed by atoms with Crippen LogP contribution in [0.2, 0.25) is 0 Å². The molecule has 0 unspecified atom stereocenters. The molecule has 1 fully saturated rings. The summed E-state index contributed by atoms with van der Waals surface area (Å²) in [7, 11) is 0. The van der Waals surface area contributed by atoms with E-state index < -0.39 is 0 Å². The summed E-state index contributed by atoms with van der Waals surface area (Å²) in [5, 5.41) is 6.40. The zero-order valence-electron chi connectivity index (χ0n) is 19.2. The van der Waals surface area contributed by atoms with E-state index >= 15 is 0 Å². The molecule has 4 aromatic rings. The minimum Gasteiger partial charge on any atom is -0.352 e. The lowest BCUT2D eigenvalue weighted by Gasteiger charge is -2.27. The molecule has 1 aliphatic rings. The molecule has 0 atom stereocenters. The largest absolute Gasteiger partial charge is 0.352 e. The van der Waals surface area contributed by atoms with Crippen molar-refractivity contribution in [1.29, 1.82) is 0 Å². The van der Waals surface area contributed by atoms with Crippen LogP contribution >= 0.6 is 0 Å². The minimum atomic E-state index is -0.0968. The molecule has 0 bridgehead atoms. The van der Waals surface area contributed by atoms with Gasteiger partial charge in [-0.1, -0.05) is 30.3 Å². The summed E-state index contributed by atoms with van der Waals surface area (Å²) in [6.45, 7) is 6.14. The summed E-state index contributed by atoms with van der Waals surface area (Å²) in [5.74, 6) is -0.0968. The van der Waals surface area contributed by atoms with E-state index in [0.29, 0.717) is 12.1 Å². The van der Waals surface area contributed by atoms with Gasteiger partial charge in [0.2, 0.25) is 0 Å². The monoisotopic (exact) mass is 455 g/mol. The summed E-state index contributed by atoms with van der Waals surface area (Å²) < 4.78 is 2.00. The number of amides is 1. The van der Waals surface area contributed by atoms with Crippen LogP contribution in [-0.4, -0.2) is 63.0 Å². The number of hydrogen-bond donors (Lipinski definition) is 2. The quantitative estimate of drug-likeness (QED) is 0.397. The first-order valence-corrected chi connectivity index (χ1v) is 11.8. The number of aryl methyl sites for hydroxylation is 1. The van der Waals surface area contributed by atoms with Crippen molar-refractivity contribution in [3.05, 3.63) is 78.5 Å². The maximum atomic E-state index is 12.7. The summed E-state index contributed by atoms with van der Waals surface area (Å²) in [6.07, 6.45) is 6.30. The highest BCUT2D eigenvalue weighted by atomic mass is 16.1. The van der Waals surface area contributed by atoms with Crippen molar-refractivity contribution < 1.29 is 4.79 Å². The molecular formula is C26H29N7O. The Labute approximate surface area is 199 Å². The molecule has 5 rings (SSSR count). The van der Waals surface area contributed by atoms with Gasteiger partial charge in [-0.15, -0.1) is 0 Å². The number of hydrogen-bond acceptors (Lipinski definition) is 6. The van der Waals surface area contributed by atoms with Crippen molar-refractivity contribution in [1.82, 2.24) is 35.1 Å². The molecule has 2 aromatic heterocycles. The van der Waals surface area contributed by atoms with Gasteiger partial charge in [0.05, 0.1) is 28.7 Å². The Kier molecular flexibility index (Phi) is 6.88. The Hall–Kier alpha value is -3.62. The third-order valence-electron chi connectivity index (χ3n) is 6.07. The molecule has 1 saturated heterocycles. The summed E-state index contributed by atoms with van der Waals surface area (Å²) in [4.78, 5) is 29.2. The number of carbonyl (C=O) groups excluding carboxylic acids is 1. The number of piperazine rings is 1. The zero-order chi connectivity index (χ0) is 23.2. The van der Waals surface area contributed by atoms with E-state index in [2.05, 4.69) is 32.7 Å². The second-order valence-corrected chi connectivity index (χ2v) is 8.52. The maximum absolute atomic E-state index is 12.7. The first kappa shape index (κ1) is 22.2. The number of nitrogens with zero attached hydrogens (tertiary/aromatic N) is 5. The first-order valence-electron chi connectivity index (χ1n) is 11.8. The van der Waals surface area contributed by atoms with Crippen molar-refractivity contribution in [2.24, 2.45) is 0 Å². The molecule has 34 heavy (non-hydrogen) atoms. The number of rotatable bonds is 8. The van der Waals surface area contributed by atoms with Crippen molar-refractivity contribution in [2.45, 2.75) is 19.5 Å². The van der Waals surface area contributed by atoms with Crippen molar-refractivity contribution >= 4 is 16.9 Å². The summed E-state index contributed by atoms with van der Waals surface area (Å²) in [5.41, 5.74) is 5.02. The van der Waals surface area contributed by atoms with E-state index in [1.54, 1.807) is 12.5 Å². The number of aromatic nitrogens is 4. The van der Waals surface area contributed by atoms with Gasteiger partial charge in [0.25, 0.3) is 5.91 Å². The van der Waals surface area contributed by atoms with Gasteiger partial charge < -0.3 is 15.2 Å². The molecular weight excluding hydrogens is 426 g/mol. The predicted octanol–water partition coefficient (Wildman–Crippen LogP) is 2.72. The standard InChI is InChI=1S/C26H29N7O/c34-26(29-9-4-13-33-16-12-28-19-33)21-7-8-22-23(17-21)31-25(20-5-2-1-3-6-20)24(30-22)18-32-14-10-27-11-15-32/h1-3,5-8,12,16-17,19,27H,4,9-11,13-15,18H2,(H,29,34). The van der Waals surface area contributed by atoms with Gasteiger partial charge in [-0.25, -0.2) is 15.0 Å². The van der Waals surface area contributed by atoms with E-state index in [4.69, 9.17) is 9.97 Å². The van der Waals surface area contributed by atoms with Gasteiger partial charge >= 0.3 is 0 Å². The van der Waals surface area contributed by atoms with Gasteiger partial charge in [-0.3, -0.25) is 9.69 Å². The molecule has 2 aromatic carbocycles. The molecule has 0 radical (unpaired) electrons. The SMILES string of the molecule is O=C(NCCCn1ccnc1)c1ccc2nc(CN3CCNCC3)c(-c3ccccc3)nc2c1. The van der Waals surface area contributed by atoms with E-state index in [1.807, 2.05) is 47.2 Å². The highest BCUT2D eigenvalue weighted by molar-refractivity contribution is 5.97. The first-order chi connectivity index (χ1) is 16.8. The van der Waals surface area contributed by atoms with Crippen molar-refractivity contribution in [2.75, 3.05) is 32.7 Å². The molecule has 3 heterocycles. The van der Waals surface area contributed by atoms with Crippen LogP contribution in [0, 0.1) is 0 Å². The molecule has 0 saturated carbocycles. The molecule has 0 aliphatic carbocycles. The van der Waals surface area contributed by atoms with E-state index in [-0.39, 0.29) is 5.91 Å². The fourth-order valence-electron chi connectivity index (χ4n) is 4.24. The number of nitrogens with one attached hydrogen (secondary N) is 2. The molecule has 2 N–H and O–H groups in total. The number of fused-ring (bicyclic) bond motifs is 1. The average molecular weight is 456 g/mol. The third kappa shape index (κ3) is 5.30. The van der Waals surface area contributed by atoms with Crippen molar-refractivity contribution in [3.63, 3.8) is 0 Å². The Morgan fingerprint density at radius 1 is 1.03 bits per heavy atom. The lowest BCUT2D eigenvalue weighted by atomic mass is 10.1. The Balaban J connectivity index is 1.36. The van der Waals surface area contributed by atoms with Gasteiger partial charge in [-0.05, 0) is 24.6 Å². The molecule has 1 amide bonds. The molecule has 8 heteroatoms. The topological polar surface area (TPSA) is 88.0 Å². The van der Waals surface area contributed by atoms with Crippen molar-refractivity contribution in [3.8, 4) is 11.3 Å². The smallest absolute Gasteiger partial charge is 0.251 e. The van der Waals surface area contributed by atoms with Crippen LogP contribution < -0.4 is 10.6 Å². The second kappa shape index (κ2) is 10.5. The van der Waals surface area contributed by atoms with Crippen LogP contribution in [0.25, 0.3) is 22.3 Å². The van der Waals surface area contributed by atoms with Gasteiger partial charge in [-0.2, -0.15) is 0 Å². The Morgan fingerprint density at radius 3 is 2.68 bits per heavy atom. The predicted molar refractivity (Wildman–Crippen MR) is 132 cm³/mol. The highest BCUT2D eigenvalue weighted by Gasteiger charge is 2.17. The van der Waals surface area contributed by atoms with E-state index in [9.17, 15) is 4.79 Å². The second-order valence-electron chi connectivity index (χ2n) is 8.52. The molecule has 8 nitrogen and oxygen atoms in total. The molecule has 174 valence electrons. The molecule has 1 aliphatic heterocycles. The normalized spacial score (nSPS) is 14.4. The van der Waals surface area contributed by atoms with E-state index in [1.165, 1.54) is 0 Å². The molecule has 0 spiro atoms. The van der Waals surface area contributed by atoms with Gasteiger partial charge in [0.1, 0.15) is 0 Å². The van der Waals surface area contributed by atoms with Crippen LogP contribution in [0.15, 0.2) is 67.3 Å². The Morgan fingerprint density at radius 2 is 1.88 bits per heavy atom. The maximum Gasteiger partial charge on any atom is 0.251 e. The van der Waals surface area contributed by atoms with E-state index in [0.717, 1.165) is 73.7 Å². The van der Waals surface area contributed by atoms with Crippen LogP contribution in [0.5, 0.6) is 0 Å². The average Bonchev–Trinajstić information content (AvgIpc) is 3.41. The third-order valence-corrected chi connectivity index (χ3v) is 6.07. The van der Waals surface area contributed by atoms with Crippen LogP contribution in [0.3, 0.4) is 0 Å². The minimum absolute atomic E-state index is 0.0968. The summed E-state index contributed by atoms with van der Waals surface area (Å²) in [6, 6.07) is 15.7. The van der Waals surface area contributed by atoms with Gasteiger partial charge in [0.15, 0.2) is 0 Å². The Bertz CT molecular complexity index is 1230. The lowest BCUT2D eigenvalue weighted by molar-refractivity contribution is 0.0953. The van der Waals surface area contributed by atoms with Crippen LogP contribution in [0.1, 0.15) is 22.5 Å². The fraction of sp³-hybridized carbons (Fsp3) is 0.308. The van der Waals surface area contributed by atoms with Crippen LogP contribution in [0.4, 0.5) is 0 Å². The number of carbonyl (C=O) groups is 1. The summed E-state index contributed by atoms with van der Waals surface area (Å²) >= 11 is 0. The number of benzene rings is 2.